The average Bonchev–Trinajstić information content (AvgIpc) is 3.45. The van der Waals surface area contributed by atoms with Crippen LogP contribution in [0.3, 0.4) is 0 Å². The predicted octanol–water partition coefficient (Wildman–Crippen LogP) is 4.91. The van der Waals surface area contributed by atoms with Crippen molar-refractivity contribution in [2.45, 2.75) is 70.8 Å². The Morgan fingerprint density at radius 3 is 2.65 bits per heavy atom. The molecule has 0 bridgehead atoms. The van der Waals surface area contributed by atoms with Gasteiger partial charge in [0.25, 0.3) is 5.91 Å². The number of aryl methyl sites for hydroxylation is 2. The molecule has 5 N–H and O–H groups in total. The molecule has 1 saturated heterocycles. The lowest BCUT2D eigenvalue weighted by atomic mass is 10.0. The number of aliphatic hydroxyl groups is 1. The van der Waals surface area contributed by atoms with Crippen LogP contribution in [0.4, 0.5) is 5.69 Å². The van der Waals surface area contributed by atoms with E-state index in [1.54, 1.807) is 0 Å². The van der Waals surface area contributed by atoms with Gasteiger partial charge in [-0.05, 0) is 86.6 Å². The van der Waals surface area contributed by atoms with E-state index in [1.165, 1.54) is 20.9 Å². The lowest BCUT2D eigenvalue weighted by molar-refractivity contribution is 0.0939. The third-order valence-corrected chi connectivity index (χ3v) is 8.92. The second kappa shape index (κ2) is 11.4. The molecular formula is C30H38N4O2S. The van der Waals surface area contributed by atoms with Crippen molar-refractivity contribution in [2.24, 2.45) is 0 Å². The van der Waals surface area contributed by atoms with Crippen LogP contribution in [0, 0.1) is 13.8 Å². The Hall–Kier alpha value is -2.71. The number of thiophene rings is 1. The van der Waals surface area contributed by atoms with E-state index in [2.05, 4.69) is 58.5 Å². The van der Waals surface area contributed by atoms with Crippen LogP contribution in [0.25, 0.3) is 10.4 Å². The van der Waals surface area contributed by atoms with Crippen LogP contribution >= 0.6 is 11.3 Å². The minimum atomic E-state index is -0.155. The summed E-state index contributed by atoms with van der Waals surface area (Å²) in [6.07, 6.45) is 2.63. The van der Waals surface area contributed by atoms with Crippen molar-refractivity contribution in [1.29, 1.82) is 0 Å². The molecule has 7 heteroatoms. The van der Waals surface area contributed by atoms with E-state index in [1.807, 2.05) is 43.4 Å². The molecule has 3 atom stereocenters. The minimum absolute atomic E-state index is 0.0526. The molecule has 1 saturated carbocycles. The van der Waals surface area contributed by atoms with Gasteiger partial charge in [-0.1, -0.05) is 24.3 Å². The summed E-state index contributed by atoms with van der Waals surface area (Å²) in [5.41, 5.74) is 6.22. The van der Waals surface area contributed by atoms with Crippen LogP contribution in [0.15, 0.2) is 48.5 Å². The Labute approximate surface area is 223 Å². The van der Waals surface area contributed by atoms with Crippen molar-refractivity contribution in [3.8, 4) is 10.4 Å². The molecule has 196 valence electrons. The highest BCUT2D eigenvalue weighted by Crippen LogP contribution is 2.33. The highest BCUT2D eigenvalue weighted by atomic mass is 32.1. The van der Waals surface area contributed by atoms with E-state index in [9.17, 15) is 9.90 Å². The SMILES string of the molecule is Cc1ccc(NC2CNC2)cc1C(=O)NC(C)c1cccc(-c2cc(C)c(CN[C@H]3CC[C@@H](O)C3)s2)c1. The fourth-order valence-corrected chi connectivity index (χ4v) is 6.24. The second-order valence-corrected chi connectivity index (χ2v) is 11.7. The van der Waals surface area contributed by atoms with Gasteiger partial charge < -0.3 is 26.4 Å². The number of amides is 1. The van der Waals surface area contributed by atoms with Gasteiger partial charge in [0.15, 0.2) is 0 Å². The Morgan fingerprint density at radius 2 is 1.92 bits per heavy atom. The highest BCUT2D eigenvalue weighted by Gasteiger charge is 2.23. The molecular weight excluding hydrogens is 480 g/mol. The largest absolute Gasteiger partial charge is 0.393 e. The Bertz CT molecular complexity index is 1250. The van der Waals surface area contributed by atoms with Crippen LogP contribution in [0.1, 0.15) is 64.2 Å². The van der Waals surface area contributed by atoms with Crippen LogP contribution in [-0.4, -0.2) is 42.3 Å². The summed E-state index contributed by atoms with van der Waals surface area (Å²) in [6.45, 7) is 8.93. The molecule has 1 unspecified atom stereocenters. The number of anilines is 1. The number of carbonyl (C=O) groups excluding carboxylic acids is 1. The summed E-state index contributed by atoms with van der Waals surface area (Å²) >= 11 is 1.82. The number of hydrogen-bond acceptors (Lipinski definition) is 6. The van der Waals surface area contributed by atoms with Gasteiger partial charge >= 0.3 is 0 Å². The summed E-state index contributed by atoms with van der Waals surface area (Å²) in [4.78, 5) is 15.8. The molecule has 2 heterocycles. The van der Waals surface area contributed by atoms with Gasteiger partial charge in [-0.25, -0.2) is 0 Å². The first kappa shape index (κ1) is 25.9. The molecule has 0 radical (unpaired) electrons. The maximum absolute atomic E-state index is 13.2. The molecule has 5 rings (SSSR count). The van der Waals surface area contributed by atoms with Gasteiger partial charge in [-0.2, -0.15) is 0 Å². The zero-order valence-corrected chi connectivity index (χ0v) is 22.8. The summed E-state index contributed by atoms with van der Waals surface area (Å²) in [5.74, 6) is -0.0526. The average molecular weight is 519 g/mol. The van der Waals surface area contributed by atoms with E-state index in [4.69, 9.17) is 0 Å². The topological polar surface area (TPSA) is 85.4 Å². The lowest BCUT2D eigenvalue weighted by Crippen LogP contribution is -2.51. The van der Waals surface area contributed by atoms with Crippen LogP contribution in [0.2, 0.25) is 0 Å². The maximum Gasteiger partial charge on any atom is 0.252 e. The van der Waals surface area contributed by atoms with Crippen molar-refractivity contribution in [1.82, 2.24) is 16.0 Å². The van der Waals surface area contributed by atoms with Crippen LogP contribution in [-0.2, 0) is 6.54 Å². The first-order valence-corrected chi connectivity index (χ1v) is 14.2. The molecule has 2 aromatic carbocycles. The minimum Gasteiger partial charge on any atom is -0.393 e. The highest BCUT2D eigenvalue weighted by molar-refractivity contribution is 7.15. The summed E-state index contributed by atoms with van der Waals surface area (Å²) in [6, 6.07) is 17.5. The number of hydrogen-bond donors (Lipinski definition) is 5. The zero-order valence-electron chi connectivity index (χ0n) is 21.9. The van der Waals surface area contributed by atoms with Crippen molar-refractivity contribution in [2.75, 3.05) is 18.4 Å². The maximum atomic E-state index is 13.2. The third kappa shape index (κ3) is 6.24. The molecule has 2 aliphatic rings. The Morgan fingerprint density at radius 1 is 1.08 bits per heavy atom. The van der Waals surface area contributed by atoms with Gasteiger partial charge in [0, 0.05) is 46.7 Å². The normalized spacial score (nSPS) is 20.4. The molecule has 6 nitrogen and oxygen atoms in total. The molecule has 1 aliphatic heterocycles. The number of carbonyl (C=O) groups is 1. The summed E-state index contributed by atoms with van der Waals surface area (Å²) < 4.78 is 0. The molecule has 1 aliphatic carbocycles. The standard InChI is InChI=1S/C30H38N4O2S/c1-18-7-8-24(34-25-15-31-16-25)14-27(18)30(36)33-20(3)21-5-4-6-22(12-21)28-11-19(2)29(37-28)17-32-23-9-10-26(35)13-23/h4-8,11-12,14,20,23,25-26,31-32,34-35H,9-10,13,15-17H2,1-3H3,(H,33,36)/t20?,23-,26+/m0/s1. The molecule has 1 aromatic heterocycles. The quantitative estimate of drug-likeness (QED) is 0.278. The summed E-state index contributed by atoms with van der Waals surface area (Å²) in [5, 5.41) is 23.4. The van der Waals surface area contributed by atoms with E-state index < -0.39 is 0 Å². The Kier molecular flexibility index (Phi) is 7.95. The number of benzene rings is 2. The molecule has 0 spiro atoms. The molecule has 3 aromatic rings. The predicted molar refractivity (Wildman–Crippen MR) is 152 cm³/mol. The number of aliphatic hydroxyl groups excluding tert-OH is 1. The van der Waals surface area contributed by atoms with Crippen molar-refractivity contribution in [3.63, 3.8) is 0 Å². The Balaban J connectivity index is 1.24. The van der Waals surface area contributed by atoms with Gasteiger partial charge in [0.2, 0.25) is 0 Å². The number of rotatable bonds is 9. The lowest BCUT2D eigenvalue weighted by Gasteiger charge is -2.29. The third-order valence-electron chi connectivity index (χ3n) is 7.63. The van der Waals surface area contributed by atoms with E-state index in [0.29, 0.717) is 17.6 Å². The van der Waals surface area contributed by atoms with Crippen LogP contribution in [0.5, 0.6) is 0 Å². The second-order valence-electron chi connectivity index (χ2n) is 10.6. The first-order valence-electron chi connectivity index (χ1n) is 13.4. The van der Waals surface area contributed by atoms with Crippen molar-refractivity contribution in [3.05, 3.63) is 75.7 Å². The first-order chi connectivity index (χ1) is 17.9. The van der Waals surface area contributed by atoms with E-state index >= 15 is 0 Å². The fraction of sp³-hybridized carbons (Fsp3) is 0.433. The van der Waals surface area contributed by atoms with Gasteiger partial charge in [0.05, 0.1) is 18.2 Å². The monoisotopic (exact) mass is 518 g/mol. The molecule has 2 fully saturated rings. The van der Waals surface area contributed by atoms with Gasteiger partial charge in [-0.15, -0.1) is 11.3 Å². The zero-order chi connectivity index (χ0) is 25.9. The number of nitrogens with one attached hydrogen (secondary N) is 4. The summed E-state index contributed by atoms with van der Waals surface area (Å²) in [7, 11) is 0. The molecule has 37 heavy (non-hydrogen) atoms. The van der Waals surface area contributed by atoms with E-state index in [-0.39, 0.29) is 18.1 Å². The van der Waals surface area contributed by atoms with Gasteiger partial charge in [0.1, 0.15) is 0 Å². The van der Waals surface area contributed by atoms with Crippen molar-refractivity contribution >= 4 is 22.9 Å². The molecule has 1 amide bonds. The smallest absolute Gasteiger partial charge is 0.252 e. The van der Waals surface area contributed by atoms with Gasteiger partial charge in [-0.3, -0.25) is 4.79 Å². The fourth-order valence-electron chi connectivity index (χ4n) is 5.12. The van der Waals surface area contributed by atoms with Crippen LogP contribution < -0.4 is 21.3 Å². The van der Waals surface area contributed by atoms with Crippen molar-refractivity contribution < 1.29 is 9.90 Å². The van der Waals surface area contributed by atoms with E-state index in [0.717, 1.165) is 55.7 Å².